The van der Waals surface area contributed by atoms with Gasteiger partial charge in [0.1, 0.15) is 28.9 Å². The lowest BCUT2D eigenvalue weighted by Gasteiger charge is -2.49. The van der Waals surface area contributed by atoms with Crippen LogP contribution in [-0.2, 0) is 19.1 Å². The molecular weight excluding hydrogens is 534 g/mol. The summed E-state index contributed by atoms with van der Waals surface area (Å²) in [5, 5.41) is 35.6. The quantitative estimate of drug-likeness (QED) is 0.128. The Labute approximate surface area is 219 Å². The number of β-lactam (4-membered cyclic amide) rings is 1. The minimum absolute atomic E-state index is 0. The van der Waals surface area contributed by atoms with Gasteiger partial charge in [-0.15, -0.1) is 35.5 Å². The zero-order chi connectivity index (χ0) is 25.1. The fourth-order valence-corrected chi connectivity index (χ4v) is 5.55. The van der Waals surface area contributed by atoms with Gasteiger partial charge >= 0.3 is 5.97 Å². The molecule has 1 saturated heterocycles. The molecule has 3 heterocycles. The van der Waals surface area contributed by atoms with Gasteiger partial charge in [0.25, 0.3) is 11.8 Å². The molecule has 1 aromatic carbocycles. The monoisotopic (exact) mass is 555 g/mol. The summed E-state index contributed by atoms with van der Waals surface area (Å²) in [6, 6.07) is 7.88. The van der Waals surface area contributed by atoms with Crippen LogP contribution in [0.15, 0.2) is 52.1 Å². The van der Waals surface area contributed by atoms with Crippen molar-refractivity contribution in [3.05, 3.63) is 58.2 Å². The highest BCUT2D eigenvalue weighted by atomic mass is 35.5. The molecule has 2 aliphatic heterocycles. The predicted molar refractivity (Wildman–Crippen MR) is 134 cm³/mol. The number of aliphatic carboxylic acids is 1. The van der Waals surface area contributed by atoms with Crippen LogP contribution in [0.25, 0.3) is 0 Å². The Bertz CT molecular complexity index is 1210. The summed E-state index contributed by atoms with van der Waals surface area (Å²) in [6.45, 7) is -0.135. The molecule has 0 spiro atoms. The summed E-state index contributed by atoms with van der Waals surface area (Å²) in [7, 11) is 0. The smallest absolute Gasteiger partial charge is 0.352 e. The van der Waals surface area contributed by atoms with Crippen molar-refractivity contribution in [1.29, 1.82) is 0 Å². The molecule has 2 unspecified atom stereocenters. The fourth-order valence-electron chi connectivity index (χ4n) is 3.68. The third kappa shape index (κ3) is 5.47. The van der Waals surface area contributed by atoms with Crippen LogP contribution in [0.5, 0.6) is 0 Å². The number of halogens is 1. The fraction of sp³-hybridized carbons (Fsp3) is 0.286. The van der Waals surface area contributed by atoms with E-state index < -0.39 is 41.0 Å². The van der Waals surface area contributed by atoms with Crippen LogP contribution in [0.4, 0.5) is 5.13 Å². The second-order valence-electron chi connectivity index (χ2n) is 7.58. The highest BCUT2D eigenvalue weighted by Gasteiger charge is 2.54. The first-order chi connectivity index (χ1) is 16.8. The number of aliphatic hydroxyl groups excluding tert-OH is 1. The highest BCUT2D eigenvalue weighted by Crippen LogP contribution is 2.40. The van der Waals surface area contributed by atoms with E-state index in [2.05, 4.69) is 15.5 Å². The molecule has 3 atom stereocenters. The van der Waals surface area contributed by atoms with Crippen molar-refractivity contribution in [2.45, 2.75) is 17.5 Å². The second kappa shape index (κ2) is 11.7. The molecule has 4 rings (SSSR count). The second-order valence-corrected chi connectivity index (χ2v) is 9.57. The van der Waals surface area contributed by atoms with E-state index in [9.17, 15) is 29.8 Å². The number of nitrogens with two attached hydrogens (primary N) is 1. The molecule has 15 heteroatoms. The number of hydrogen-bond donors (Lipinski definition) is 5. The van der Waals surface area contributed by atoms with E-state index in [1.54, 1.807) is 24.3 Å². The third-order valence-electron chi connectivity index (χ3n) is 5.35. The van der Waals surface area contributed by atoms with Crippen LogP contribution in [0.3, 0.4) is 0 Å². The molecular formula is C21H22ClN5O7S2. The number of thioether (sulfide) groups is 1. The number of thiazole rings is 1. The Morgan fingerprint density at radius 2 is 2.06 bits per heavy atom. The van der Waals surface area contributed by atoms with Crippen LogP contribution in [-0.4, -0.2) is 79.2 Å². The molecule has 0 saturated carbocycles. The number of amides is 2. The highest BCUT2D eigenvalue weighted by molar-refractivity contribution is 8.00. The number of nitrogens with one attached hydrogen (secondary N) is 1. The number of oxime groups is 1. The van der Waals surface area contributed by atoms with Crippen molar-refractivity contribution in [2.24, 2.45) is 5.16 Å². The minimum atomic E-state index is -1.30. The number of rotatable bonds is 9. The first-order valence-corrected chi connectivity index (χ1v) is 12.2. The molecule has 2 aromatic rings. The number of benzene rings is 1. The van der Waals surface area contributed by atoms with Gasteiger partial charge in [0.05, 0.1) is 13.2 Å². The van der Waals surface area contributed by atoms with Crippen LogP contribution in [0, 0.1) is 0 Å². The van der Waals surface area contributed by atoms with Gasteiger partial charge in [-0.25, -0.2) is 9.78 Å². The Morgan fingerprint density at radius 3 is 2.67 bits per heavy atom. The van der Waals surface area contributed by atoms with Crippen molar-refractivity contribution >= 4 is 64.1 Å². The van der Waals surface area contributed by atoms with Crippen molar-refractivity contribution in [3.63, 3.8) is 0 Å². The molecule has 0 bridgehead atoms. The van der Waals surface area contributed by atoms with Crippen molar-refractivity contribution in [3.8, 4) is 0 Å². The van der Waals surface area contributed by atoms with Gasteiger partial charge in [0, 0.05) is 11.1 Å². The number of ether oxygens (including phenoxy) is 1. The van der Waals surface area contributed by atoms with Gasteiger partial charge < -0.3 is 31.2 Å². The minimum Gasteiger partial charge on any atom is -0.477 e. The lowest BCUT2D eigenvalue weighted by atomic mass is 10.0. The zero-order valence-corrected chi connectivity index (χ0v) is 20.9. The van der Waals surface area contributed by atoms with Crippen molar-refractivity contribution in [2.75, 3.05) is 24.7 Å². The van der Waals surface area contributed by atoms with Gasteiger partial charge in [0.2, 0.25) is 0 Å². The number of carbonyl (C=O) groups is 3. The van der Waals surface area contributed by atoms with Gasteiger partial charge in [-0.05, 0) is 11.1 Å². The average molecular weight is 556 g/mol. The number of carbonyl (C=O) groups excluding carboxylic acids is 2. The SMILES string of the molecule is Cl.Nc1nc(C(=NO)C(=O)NC2C(=O)N3C(C(=O)O)=C(COCC(O)c4ccccc4)CS[C@@H]23)cs1. The summed E-state index contributed by atoms with van der Waals surface area (Å²) in [5.41, 5.74) is 6.03. The van der Waals surface area contributed by atoms with E-state index in [0.29, 0.717) is 11.1 Å². The maximum atomic E-state index is 12.8. The van der Waals surface area contributed by atoms with Crippen molar-refractivity contribution < 1.29 is 34.5 Å². The Kier molecular flexibility index (Phi) is 8.92. The van der Waals surface area contributed by atoms with Gasteiger partial charge in [-0.3, -0.25) is 14.5 Å². The van der Waals surface area contributed by atoms with Crippen LogP contribution in [0.1, 0.15) is 17.4 Å². The van der Waals surface area contributed by atoms with E-state index in [1.165, 1.54) is 17.1 Å². The number of anilines is 1. The first-order valence-electron chi connectivity index (χ1n) is 10.3. The summed E-state index contributed by atoms with van der Waals surface area (Å²) >= 11 is 2.31. The molecule has 1 fully saturated rings. The number of hydrogen-bond acceptors (Lipinski definition) is 11. The van der Waals surface area contributed by atoms with E-state index in [-0.39, 0.29) is 47.9 Å². The maximum Gasteiger partial charge on any atom is 0.352 e. The largest absolute Gasteiger partial charge is 0.477 e. The standard InChI is InChI=1S/C21H21N5O7S2.ClH/c22-21-23-12(9-35-21)14(25-32)17(28)24-15-18(29)26-16(20(30)31)11(8-34-19(15)26)6-33-7-13(27)10-4-2-1-3-5-10;/h1-5,9,13,15,19,27,32H,6-8H2,(H2,22,23)(H,24,28)(H,30,31);1H/t13?,15?,19-;/m0./s1. The van der Waals surface area contributed by atoms with Gasteiger partial charge in [-0.2, -0.15) is 0 Å². The molecule has 0 aliphatic carbocycles. The van der Waals surface area contributed by atoms with E-state index in [0.717, 1.165) is 16.2 Å². The number of aliphatic hydroxyl groups is 1. The van der Waals surface area contributed by atoms with E-state index in [1.807, 2.05) is 6.07 Å². The van der Waals surface area contributed by atoms with Crippen LogP contribution >= 0.6 is 35.5 Å². The average Bonchev–Trinajstić information content (AvgIpc) is 3.28. The van der Waals surface area contributed by atoms with E-state index >= 15 is 0 Å². The van der Waals surface area contributed by atoms with Gasteiger partial charge in [-0.1, -0.05) is 35.5 Å². The summed E-state index contributed by atoms with van der Waals surface area (Å²) in [6.07, 6.45) is -0.880. The normalized spacial score (nSPS) is 20.2. The van der Waals surface area contributed by atoms with Crippen molar-refractivity contribution in [1.82, 2.24) is 15.2 Å². The van der Waals surface area contributed by atoms with Crippen LogP contribution < -0.4 is 11.1 Å². The van der Waals surface area contributed by atoms with E-state index in [4.69, 9.17) is 10.5 Å². The molecule has 2 aliphatic rings. The lowest BCUT2D eigenvalue weighted by Crippen LogP contribution is -2.71. The summed E-state index contributed by atoms with van der Waals surface area (Å²) in [4.78, 5) is 42.3. The Hall–Kier alpha value is -3.17. The number of carboxylic acid groups (broad SMARTS) is 1. The molecule has 12 nitrogen and oxygen atoms in total. The molecule has 2 amide bonds. The van der Waals surface area contributed by atoms with Crippen LogP contribution in [0.2, 0.25) is 0 Å². The molecule has 0 radical (unpaired) electrons. The zero-order valence-electron chi connectivity index (χ0n) is 18.4. The molecule has 6 N–H and O–H groups in total. The molecule has 192 valence electrons. The Balaban J connectivity index is 0.00000361. The topological polar surface area (TPSA) is 188 Å². The maximum absolute atomic E-state index is 12.8. The number of nitrogen functional groups attached to an aromatic ring is 1. The number of fused-ring (bicyclic) bond motifs is 1. The number of carboxylic acids is 1. The summed E-state index contributed by atoms with van der Waals surface area (Å²) < 4.78 is 5.55. The lowest BCUT2D eigenvalue weighted by molar-refractivity contribution is -0.150. The molecule has 36 heavy (non-hydrogen) atoms. The van der Waals surface area contributed by atoms with Gasteiger partial charge in [0.15, 0.2) is 10.8 Å². The predicted octanol–water partition coefficient (Wildman–Crippen LogP) is 0.814. The summed E-state index contributed by atoms with van der Waals surface area (Å²) in [5.74, 6) is -2.52. The number of aromatic nitrogens is 1. The molecule has 1 aromatic heterocycles. The third-order valence-corrected chi connectivity index (χ3v) is 7.37. The first kappa shape index (κ1) is 27.4. The number of nitrogens with zero attached hydrogens (tertiary/aromatic N) is 3. The Morgan fingerprint density at radius 1 is 1.33 bits per heavy atom.